The number of rotatable bonds is 4. The Morgan fingerprint density at radius 2 is 1.14 bits per heavy atom. The van der Waals surface area contributed by atoms with Gasteiger partial charge in [-0.05, 0) is 81.0 Å². The lowest BCUT2D eigenvalue weighted by atomic mass is 9.77. The molecule has 0 aromatic heterocycles. The molecule has 3 aromatic carbocycles. The van der Waals surface area contributed by atoms with Crippen LogP contribution in [-0.4, -0.2) is 17.3 Å². The number of para-hydroxylation sites is 1. The van der Waals surface area contributed by atoms with Gasteiger partial charge in [-0.2, -0.15) is 0 Å². The molecule has 0 amide bonds. The number of phenols is 2. The zero-order valence-electron chi connectivity index (χ0n) is 18.3. The van der Waals surface area contributed by atoms with Crippen LogP contribution >= 0.6 is 0 Å². The van der Waals surface area contributed by atoms with Gasteiger partial charge in [-0.25, -0.2) is 0 Å². The van der Waals surface area contributed by atoms with Gasteiger partial charge in [-0.3, -0.25) is 0 Å². The predicted octanol–water partition coefficient (Wildman–Crippen LogP) is 6.14. The normalized spacial score (nSPS) is 11.2. The highest BCUT2D eigenvalue weighted by Crippen LogP contribution is 2.48. The van der Waals surface area contributed by atoms with Gasteiger partial charge >= 0.3 is 0 Å². The van der Waals surface area contributed by atoms with Crippen LogP contribution in [0.4, 0.5) is 0 Å². The van der Waals surface area contributed by atoms with Gasteiger partial charge in [-0.15, -0.1) is 0 Å². The van der Waals surface area contributed by atoms with Crippen LogP contribution in [-0.2, 0) is 0 Å². The van der Waals surface area contributed by atoms with E-state index >= 15 is 0 Å². The molecule has 152 valence electrons. The number of hydrogen-bond acceptors (Lipinski definition) is 3. The molecule has 3 nitrogen and oxygen atoms in total. The van der Waals surface area contributed by atoms with E-state index in [9.17, 15) is 10.2 Å². The van der Waals surface area contributed by atoms with Gasteiger partial charge in [0.2, 0.25) is 0 Å². The summed E-state index contributed by atoms with van der Waals surface area (Å²) in [7, 11) is 1.65. The SMILES string of the molecule is COc1ccccc1C(c1c(C)cc(C)c(C)c1O)c1c(C)cc(C)c(C)c1O. The van der Waals surface area contributed by atoms with Crippen LogP contribution in [0.5, 0.6) is 17.2 Å². The fourth-order valence-electron chi connectivity index (χ4n) is 4.26. The van der Waals surface area contributed by atoms with Gasteiger partial charge in [0.15, 0.2) is 0 Å². The first-order valence-electron chi connectivity index (χ1n) is 9.91. The number of benzene rings is 3. The highest BCUT2D eigenvalue weighted by Gasteiger charge is 2.30. The Bertz CT molecular complexity index is 1020. The van der Waals surface area contributed by atoms with Crippen molar-refractivity contribution in [2.75, 3.05) is 7.11 Å². The number of methoxy groups -OCH3 is 1. The van der Waals surface area contributed by atoms with E-state index in [1.807, 2.05) is 65.8 Å². The fourth-order valence-corrected chi connectivity index (χ4v) is 4.26. The molecule has 3 rings (SSSR count). The molecule has 0 aliphatic heterocycles. The Morgan fingerprint density at radius 3 is 1.59 bits per heavy atom. The van der Waals surface area contributed by atoms with Gasteiger partial charge in [-0.1, -0.05) is 30.3 Å². The van der Waals surface area contributed by atoms with Crippen LogP contribution in [0.3, 0.4) is 0 Å². The summed E-state index contributed by atoms with van der Waals surface area (Å²) in [6.45, 7) is 11.9. The molecule has 0 aliphatic rings. The smallest absolute Gasteiger partial charge is 0.123 e. The third-order valence-electron chi connectivity index (χ3n) is 6.15. The van der Waals surface area contributed by atoms with E-state index in [0.717, 1.165) is 55.8 Å². The first kappa shape index (κ1) is 20.8. The van der Waals surface area contributed by atoms with Crippen molar-refractivity contribution in [3.05, 3.63) is 86.5 Å². The molecule has 0 aliphatic carbocycles. The van der Waals surface area contributed by atoms with Crippen LogP contribution in [0, 0.1) is 41.5 Å². The average molecular weight is 391 g/mol. The molecule has 3 heteroatoms. The summed E-state index contributed by atoms with van der Waals surface area (Å²) >= 11 is 0. The summed E-state index contributed by atoms with van der Waals surface area (Å²) in [5.41, 5.74) is 8.29. The Hall–Kier alpha value is -2.94. The molecule has 0 atom stereocenters. The van der Waals surface area contributed by atoms with Crippen molar-refractivity contribution in [1.29, 1.82) is 0 Å². The lowest BCUT2D eigenvalue weighted by molar-refractivity contribution is 0.407. The molecular weight excluding hydrogens is 360 g/mol. The molecular formula is C26H30O3. The highest BCUT2D eigenvalue weighted by molar-refractivity contribution is 5.63. The van der Waals surface area contributed by atoms with Crippen LogP contribution < -0.4 is 4.74 Å². The van der Waals surface area contributed by atoms with Crippen molar-refractivity contribution >= 4 is 0 Å². The lowest BCUT2D eigenvalue weighted by Gasteiger charge is -2.28. The zero-order valence-corrected chi connectivity index (χ0v) is 18.3. The zero-order chi connectivity index (χ0) is 21.5. The van der Waals surface area contributed by atoms with Crippen LogP contribution in [0.25, 0.3) is 0 Å². The van der Waals surface area contributed by atoms with Crippen LogP contribution in [0.15, 0.2) is 36.4 Å². The van der Waals surface area contributed by atoms with Crippen molar-refractivity contribution in [1.82, 2.24) is 0 Å². The Morgan fingerprint density at radius 1 is 0.690 bits per heavy atom. The van der Waals surface area contributed by atoms with Gasteiger partial charge in [0.25, 0.3) is 0 Å². The Kier molecular flexibility index (Phi) is 5.61. The summed E-state index contributed by atoms with van der Waals surface area (Å²) in [4.78, 5) is 0. The molecule has 0 saturated heterocycles. The standard InChI is InChI=1S/C26H30O3/c1-14-12-16(3)22(25(27)18(14)5)24(20-10-8-9-11-21(20)29-7)23-17(4)13-15(2)19(6)26(23)28/h8-13,24,27-28H,1-7H3. The molecule has 0 unspecified atom stereocenters. The van der Waals surface area contributed by atoms with E-state index in [4.69, 9.17) is 4.74 Å². The monoisotopic (exact) mass is 390 g/mol. The minimum Gasteiger partial charge on any atom is -0.507 e. The number of aromatic hydroxyl groups is 2. The summed E-state index contributed by atoms with van der Waals surface area (Å²) in [6, 6.07) is 12.0. The summed E-state index contributed by atoms with van der Waals surface area (Å²) < 4.78 is 5.67. The highest BCUT2D eigenvalue weighted by atomic mass is 16.5. The van der Waals surface area contributed by atoms with Gasteiger partial charge in [0.1, 0.15) is 17.2 Å². The summed E-state index contributed by atoms with van der Waals surface area (Å²) in [6.07, 6.45) is 0. The molecule has 0 saturated carbocycles. The number of aryl methyl sites for hydroxylation is 4. The molecule has 29 heavy (non-hydrogen) atoms. The maximum atomic E-state index is 11.2. The topological polar surface area (TPSA) is 49.7 Å². The van der Waals surface area contributed by atoms with Crippen molar-refractivity contribution in [3.63, 3.8) is 0 Å². The molecule has 0 radical (unpaired) electrons. The minimum absolute atomic E-state index is 0.274. The molecule has 3 aromatic rings. The second-order valence-electron chi connectivity index (χ2n) is 7.97. The van der Waals surface area contributed by atoms with E-state index in [1.165, 1.54) is 0 Å². The van der Waals surface area contributed by atoms with Crippen LogP contribution in [0.1, 0.15) is 56.0 Å². The van der Waals surface area contributed by atoms with Crippen LogP contribution in [0.2, 0.25) is 0 Å². The minimum atomic E-state index is -0.357. The number of ether oxygens (including phenoxy) is 1. The fraction of sp³-hybridized carbons (Fsp3) is 0.308. The Labute approximate surface area is 173 Å². The molecule has 0 spiro atoms. The first-order valence-corrected chi connectivity index (χ1v) is 9.91. The second-order valence-corrected chi connectivity index (χ2v) is 7.97. The maximum Gasteiger partial charge on any atom is 0.123 e. The van der Waals surface area contributed by atoms with Crippen molar-refractivity contribution < 1.29 is 14.9 Å². The molecule has 0 bridgehead atoms. The van der Waals surface area contributed by atoms with Gasteiger partial charge in [0.05, 0.1) is 7.11 Å². The summed E-state index contributed by atoms with van der Waals surface area (Å²) in [5, 5.41) is 22.4. The molecule has 2 N–H and O–H groups in total. The van der Waals surface area contributed by atoms with Crippen molar-refractivity contribution in [3.8, 4) is 17.2 Å². The number of phenolic OH excluding ortho intramolecular Hbond substituents is 2. The summed E-state index contributed by atoms with van der Waals surface area (Å²) in [5.74, 6) is 0.919. The lowest BCUT2D eigenvalue weighted by Crippen LogP contribution is -2.11. The average Bonchev–Trinajstić information content (AvgIpc) is 2.69. The van der Waals surface area contributed by atoms with E-state index in [-0.39, 0.29) is 17.4 Å². The van der Waals surface area contributed by atoms with E-state index in [1.54, 1.807) is 7.11 Å². The van der Waals surface area contributed by atoms with Gasteiger partial charge in [0, 0.05) is 22.6 Å². The second kappa shape index (κ2) is 7.82. The van der Waals surface area contributed by atoms with Crippen molar-refractivity contribution in [2.45, 2.75) is 47.5 Å². The van der Waals surface area contributed by atoms with E-state index < -0.39 is 0 Å². The van der Waals surface area contributed by atoms with E-state index in [2.05, 4.69) is 12.1 Å². The quantitative estimate of drug-likeness (QED) is 0.526. The maximum absolute atomic E-state index is 11.2. The largest absolute Gasteiger partial charge is 0.507 e. The number of hydrogen-bond donors (Lipinski definition) is 2. The molecule has 0 heterocycles. The molecule has 0 fully saturated rings. The van der Waals surface area contributed by atoms with Crippen molar-refractivity contribution in [2.24, 2.45) is 0 Å². The van der Waals surface area contributed by atoms with Gasteiger partial charge < -0.3 is 14.9 Å². The third-order valence-corrected chi connectivity index (χ3v) is 6.15. The Balaban J connectivity index is 2.47. The predicted molar refractivity (Wildman–Crippen MR) is 119 cm³/mol. The van der Waals surface area contributed by atoms with E-state index in [0.29, 0.717) is 0 Å². The first-order chi connectivity index (χ1) is 13.7. The third kappa shape index (κ3) is 3.46.